The van der Waals surface area contributed by atoms with Gasteiger partial charge < -0.3 is 10.6 Å². The van der Waals surface area contributed by atoms with Gasteiger partial charge in [0.15, 0.2) is 0 Å². The summed E-state index contributed by atoms with van der Waals surface area (Å²) in [6, 6.07) is 11.3. The van der Waals surface area contributed by atoms with E-state index in [-0.39, 0.29) is 0 Å². The number of amides is 2. The van der Waals surface area contributed by atoms with Crippen LogP contribution in [0.2, 0.25) is 10.0 Å². The van der Waals surface area contributed by atoms with Crippen molar-refractivity contribution in [2.75, 3.05) is 10.6 Å². The maximum Gasteiger partial charge on any atom is 0.323 e. The fraction of sp³-hybridized carbons (Fsp3) is 0. The number of nitrogens with zero attached hydrogens (tertiary/aromatic N) is 1. The van der Waals surface area contributed by atoms with Crippen LogP contribution in [0.3, 0.4) is 0 Å². The first-order valence-corrected chi connectivity index (χ1v) is 7.35. The summed E-state index contributed by atoms with van der Waals surface area (Å²) in [6.45, 7) is 0. The zero-order valence-corrected chi connectivity index (χ0v) is 12.9. The summed E-state index contributed by atoms with van der Waals surface area (Å²) in [5.74, 6) is 0. The van der Waals surface area contributed by atoms with Gasteiger partial charge in [0.05, 0.1) is 5.02 Å². The van der Waals surface area contributed by atoms with Gasteiger partial charge in [-0.1, -0.05) is 23.2 Å². The van der Waals surface area contributed by atoms with Gasteiger partial charge in [0, 0.05) is 21.3 Å². The molecule has 0 unspecified atom stereocenters. The molecule has 0 aliphatic rings. The molecule has 0 aromatic heterocycles. The van der Waals surface area contributed by atoms with Gasteiger partial charge in [-0.3, -0.25) is 0 Å². The summed E-state index contributed by atoms with van der Waals surface area (Å²) in [5.41, 5.74) is 1.16. The molecule has 21 heavy (non-hydrogen) atoms. The third-order valence-corrected chi connectivity index (χ3v) is 3.79. The summed E-state index contributed by atoms with van der Waals surface area (Å²) in [5, 5.41) is 16.9. The van der Waals surface area contributed by atoms with Gasteiger partial charge in [-0.25, -0.2) is 4.79 Å². The Hall–Kier alpha value is -1.87. The average molecular weight is 338 g/mol. The SMILES string of the molecule is N#CSc1ccc(NC(=O)Nc2ccc(Cl)cc2)cc1Cl. The van der Waals surface area contributed by atoms with E-state index in [0.717, 1.165) is 11.8 Å². The number of thiocyanates is 1. The second kappa shape index (κ2) is 7.23. The Bertz CT molecular complexity index is 698. The van der Waals surface area contributed by atoms with Crippen LogP contribution in [-0.4, -0.2) is 6.03 Å². The quantitative estimate of drug-likeness (QED) is 0.596. The summed E-state index contributed by atoms with van der Waals surface area (Å²) >= 11 is 12.7. The van der Waals surface area contributed by atoms with Crippen molar-refractivity contribution in [1.82, 2.24) is 0 Å². The lowest BCUT2D eigenvalue weighted by Crippen LogP contribution is -2.19. The van der Waals surface area contributed by atoms with Crippen LogP contribution in [0.4, 0.5) is 16.2 Å². The third-order valence-electron chi connectivity index (χ3n) is 2.45. The molecule has 0 fully saturated rings. The van der Waals surface area contributed by atoms with Crippen molar-refractivity contribution in [2.24, 2.45) is 0 Å². The Morgan fingerprint density at radius 2 is 1.67 bits per heavy atom. The zero-order chi connectivity index (χ0) is 15.2. The molecule has 0 atom stereocenters. The van der Waals surface area contributed by atoms with Gasteiger partial charge in [-0.05, 0) is 54.2 Å². The number of halogens is 2. The van der Waals surface area contributed by atoms with Crippen LogP contribution < -0.4 is 10.6 Å². The topological polar surface area (TPSA) is 64.9 Å². The Morgan fingerprint density at radius 1 is 1.05 bits per heavy atom. The lowest BCUT2D eigenvalue weighted by atomic mass is 10.3. The minimum Gasteiger partial charge on any atom is -0.308 e. The number of carbonyl (C=O) groups is 1. The molecule has 106 valence electrons. The molecular weight excluding hydrogens is 329 g/mol. The lowest BCUT2D eigenvalue weighted by molar-refractivity contribution is 0.262. The van der Waals surface area contributed by atoms with Gasteiger partial charge in [0.2, 0.25) is 0 Å². The largest absolute Gasteiger partial charge is 0.323 e. The highest BCUT2D eigenvalue weighted by Crippen LogP contribution is 2.29. The molecule has 2 N–H and O–H groups in total. The number of urea groups is 1. The van der Waals surface area contributed by atoms with Crippen molar-refractivity contribution >= 4 is 52.4 Å². The standard InChI is InChI=1S/C14H9Cl2N3OS/c15-9-1-3-10(4-2-9)18-14(20)19-11-5-6-13(21-8-17)12(16)7-11/h1-7H,(H2,18,19,20). The van der Waals surface area contributed by atoms with E-state index in [4.69, 9.17) is 28.5 Å². The number of nitriles is 1. The van der Waals surface area contributed by atoms with E-state index >= 15 is 0 Å². The number of benzene rings is 2. The number of hydrogen-bond donors (Lipinski definition) is 2. The molecular formula is C14H9Cl2N3OS. The van der Waals surface area contributed by atoms with Crippen molar-refractivity contribution < 1.29 is 4.79 Å². The number of hydrogen-bond acceptors (Lipinski definition) is 3. The molecule has 0 aliphatic heterocycles. The Balaban J connectivity index is 2.01. The van der Waals surface area contributed by atoms with Crippen LogP contribution in [0.25, 0.3) is 0 Å². The predicted molar refractivity (Wildman–Crippen MR) is 87.0 cm³/mol. The average Bonchev–Trinajstić information content (AvgIpc) is 2.44. The number of thioether (sulfide) groups is 1. The Labute approximate surface area is 136 Å². The van der Waals surface area contributed by atoms with Gasteiger partial charge in [0.25, 0.3) is 0 Å². The fourth-order valence-electron chi connectivity index (χ4n) is 1.54. The van der Waals surface area contributed by atoms with E-state index < -0.39 is 6.03 Å². The molecule has 0 bridgehead atoms. The van der Waals surface area contributed by atoms with E-state index in [9.17, 15) is 4.79 Å². The van der Waals surface area contributed by atoms with Crippen LogP contribution in [0, 0.1) is 10.7 Å². The molecule has 4 nitrogen and oxygen atoms in total. The molecule has 0 saturated carbocycles. The van der Waals surface area contributed by atoms with Gasteiger partial charge in [-0.2, -0.15) is 5.26 Å². The summed E-state index contributed by atoms with van der Waals surface area (Å²) in [6.07, 6.45) is 0. The minimum absolute atomic E-state index is 0.394. The van der Waals surface area contributed by atoms with Crippen molar-refractivity contribution in [2.45, 2.75) is 4.90 Å². The van der Waals surface area contributed by atoms with Crippen LogP contribution in [0.1, 0.15) is 0 Å². The van der Waals surface area contributed by atoms with Crippen LogP contribution in [0.15, 0.2) is 47.4 Å². The van der Waals surface area contributed by atoms with Gasteiger partial charge in [0.1, 0.15) is 5.40 Å². The summed E-state index contributed by atoms with van der Waals surface area (Å²) in [4.78, 5) is 12.5. The summed E-state index contributed by atoms with van der Waals surface area (Å²) < 4.78 is 0. The van der Waals surface area contributed by atoms with Crippen LogP contribution in [-0.2, 0) is 0 Å². The van der Waals surface area contributed by atoms with Crippen LogP contribution >= 0.6 is 35.0 Å². The van der Waals surface area contributed by atoms with Crippen molar-refractivity contribution in [3.63, 3.8) is 0 Å². The Morgan fingerprint density at radius 3 is 2.29 bits per heavy atom. The first kappa shape index (κ1) is 15.5. The van der Waals surface area contributed by atoms with E-state index in [2.05, 4.69) is 10.6 Å². The van der Waals surface area contributed by atoms with Crippen LogP contribution in [0.5, 0.6) is 0 Å². The molecule has 2 aromatic carbocycles. The maximum atomic E-state index is 11.8. The van der Waals surface area contributed by atoms with E-state index in [1.165, 1.54) is 0 Å². The maximum absolute atomic E-state index is 11.8. The normalized spacial score (nSPS) is 9.76. The first-order valence-electron chi connectivity index (χ1n) is 5.77. The highest BCUT2D eigenvalue weighted by molar-refractivity contribution is 8.03. The van der Waals surface area contributed by atoms with Gasteiger partial charge in [-0.15, -0.1) is 0 Å². The number of anilines is 2. The third kappa shape index (κ3) is 4.57. The molecule has 0 aliphatic carbocycles. The Kier molecular flexibility index (Phi) is 5.34. The number of carbonyl (C=O) groups excluding carboxylic acids is 1. The number of rotatable bonds is 3. The molecule has 2 rings (SSSR count). The van der Waals surface area contributed by atoms with Crippen molar-refractivity contribution in [3.05, 3.63) is 52.5 Å². The summed E-state index contributed by atoms with van der Waals surface area (Å²) in [7, 11) is 0. The lowest BCUT2D eigenvalue weighted by Gasteiger charge is -2.09. The molecule has 0 heterocycles. The van der Waals surface area contributed by atoms with E-state index in [0.29, 0.717) is 26.3 Å². The van der Waals surface area contributed by atoms with Crippen molar-refractivity contribution in [1.29, 1.82) is 5.26 Å². The van der Waals surface area contributed by atoms with E-state index in [1.807, 2.05) is 5.40 Å². The highest BCUT2D eigenvalue weighted by atomic mass is 35.5. The monoisotopic (exact) mass is 337 g/mol. The molecule has 0 spiro atoms. The van der Waals surface area contributed by atoms with E-state index in [1.54, 1.807) is 42.5 Å². The second-order valence-electron chi connectivity index (χ2n) is 3.92. The first-order chi connectivity index (χ1) is 10.1. The van der Waals surface area contributed by atoms with Crippen molar-refractivity contribution in [3.8, 4) is 5.40 Å². The predicted octanol–water partition coefficient (Wildman–Crippen LogP) is 5.21. The molecule has 2 aromatic rings. The fourth-order valence-corrected chi connectivity index (χ4v) is 2.35. The number of nitrogens with one attached hydrogen (secondary N) is 2. The van der Waals surface area contributed by atoms with Gasteiger partial charge >= 0.3 is 6.03 Å². The minimum atomic E-state index is -0.394. The smallest absolute Gasteiger partial charge is 0.308 e. The molecule has 0 radical (unpaired) electrons. The molecule has 2 amide bonds. The molecule has 7 heteroatoms. The zero-order valence-electron chi connectivity index (χ0n) is 10.6. The molecule has 0 saturated heterocycles. The highest BCUT2D eigenvalue weighted by Gasteiger charge is 2.06. The second-order valence-corrected chi connectivity index (χ2v) is 5.59.